The molecule has 2 aromatic carbocycles. The van der Waals surface area contributed by atoms with Gasteiger partial charge in [-0.05, 0) is 68.2 Å². The molecule has 1 aliphatic heterocycles. The molecule has 0 radical (unpaired) electrons. The number of rotatable bonds is 5. The zero-order chi connectivity index (χ0) is 20.2. The second-order valence-corrected chi connectivity index (χ2v) is 7.37. The minimum atomic E-state index is -0.323. The lowest BCUT2D eigenvalue weighted by atomic mass is 9.91. The van der Waals surface area contributed by atoms with E-state index in [-0.39, 0.29) is 17.6 Å². The number of nitrogens with zero attached hydrogens (tertiary/aromatic N) is 2. The molecule has 0 saturated carbocycles. The van der Waals surface area contributed by atoms with E-state index in [9.17, 15) is 9.18 Å². The van der Waals surface area contributed by atoms with Gasteiger partial charge in [-0.2, -0.15) is 5.10 Å². The molecule has 0 aliphatic carbocycles. The van der Waals surface area contributed by atoms with Crippen LogP contribution in [0.5, 0.6) is 0 Å². The van der Waals surface area contributed by atoms with Gasteiger partial charge < -0.3 is 10.6 Å². The van der Waals surface area contributed by atoms with Crippen LogP contribution in [0.2, 0.25) is 0 Å². The second kappa shape index (κ2) is 8.57. The number of halogens is 1. The van der Waals surface area contributed by atoms with Crippen LogP contribution in [0.15, 0.2) is 54.7 Å². The largest absolute Gasteiger partial charge is 0.322 e. The van der Waals surface area contributed by atoms with Crippen LogP contribution in [0.4, 0.5) is 10.1 Å². The summed E-state index contributed by atoms with van der Waals surface area (Å²) in [6.07, 6.45) is 4.32. The molecule has 150 valence electrons. The summed E-state index contributed by atoms with van der Waals surface area (Å²) >= 11 is 0. The van der Waals surface area contributed by atoms with Crippen molar-refractivity contribution in [3.63, 3.8) is 0 Å². The van der Waals surface area contributed by atoms with E-state index in [2.05, 4.69) is 22.7 Å². The Hall–Kier alpha value is -2.99. The number of carbonyl (C=O) groups excluding carboxylic acids is 1. The molecule has 6 heteroatoms. The zero-order valence-corrected chi connectivity index (χ0v) is 16.5. The van der Waals surface area contributed by atoms with Gasteiger partial charge in [0.15, 0.2) is 0 Å². The Morgan fingerprint density at radius 1 is 1.21 bits per heavy atom. The van der Waals surface area contributed by atoms with Crippen molar-refractivity contribution >= 4 is 11.6 Å². The Morgan fingerprint density at radius 2 is 2.00 bits per heavy atom. The number of aromatic nitrogens is 2. The molecule has 3 aromatic rings. The summed E-state index contributed by atoms with van der Waals surface area (Å²) < 4.78 is 15.5. The van der Waals surface area contributed by atoms with Gasteiger partial charge in [0.1, 0.15) is 5.82 Å². The fourth-order valence-electron chi connectivity index (χ4n) is 3.90. The molecule has 5 nitrogen and oxygen atoms in total. The SMILES string of the molecule is CCc1cccc(NC(=O)c2cnn(-c3cccc(F)c3)c2C2CCNCC2)c1. The van der Waals surface area contributed by atoms with Gasteiger partial charge in [-0.15, -0.1) is 0 Å². The van der Waals surface area contributed by atoms with Crippen LogP contribution in [0.25, 0.3) is 5.69 Å². The Kier molecular flexibility index (Phi) is 5.71. The lowest BCUT2D eigenvalue weighted by molar-refractivity contribution is 0.102. The van der Waals surface area contributed by atoms with Gasteiger partial charge in [0.25, 0.3) is 5.91 Å². The predicted molar refractivity (Wildman–Crippen MR) is 112 cm³/mol. The van der Waals surface area contributed by atoms with Gasteiger partial charge in [0.2, 0.25) is 0 Å². The van der Waals surface area contributed by atoms with E-state index in [4.69, 9.17) is 0 Å². The summed E-state index contributed by atoms with van der Waals surface area (Å²) in [6.45, 7) is 3.86. The highest BCUT2D eigenvalue weighted by Crippen LogP contribution is 2.31. The minimum absolute atomic E-state index is 0.185. The van der Waals surface area contributed by atoms with Crippen molar-refractivity contribution in [1.29, 1.82) is 0 Å². The van der Waals surface area contributed by atoms with Crippen molar-refractivity contribution in [1.82, 2.24) is 15.1 Å². The van der Waals surface area contributed by atoms with Crippen LogP contribution < -0.4 is 10.6 Å². The molecule has 2 N–H and O–H groups in total. The quantitative estimate of drug-likeness (QED) is 0.681. The van der Waals surface area contributed by atoms with Gasteiger partial charge >= 0.3 is 0 Å². The van der Waals surface area contributed by atoms with Gasteiger partial charge in [-0.1, -0.05) is 25.1 Å². The maximum absolute atomic E-state index is 13.8. The molecule has 1 fully saturated rings. The summed E-state index contributed by atoms with van der Waals surface area (Å²) in [5.74, 6) is -0.323. The van der Waals surface area contributed by atoms with Crippen molar-refractivity contribution in [2.75, 3.05) is 18.4 Å². The molecule has 1 saturated heterocycles. The van der Waals surface area contributed by atoms with Crippen molar-refractivity contribution < 1.29 is 9.18 Å². The smallest absolute Gasteiger partial charge is 0.259 e. The molecule has 0 bridgehead atoms. The number of aryl methyl sites for hydroxylation is 1. The second-order valence-electron chi connectivity index (χ2n) is 7.37. The highest BCUT2D eigenvalue weighted by molar-refractivity contribution is 6.05. The Balaban J connectivity index is 1.71. The van der Waals surface area contributed by atoms with Crippen molar-refractivity contribution in [2.24, 2.45) is 0 Å². The topological polar surface area (TPSA) is 59.0 Å². The van der Waals surface area contributed by atoms with E-state index in [1.807, 2.05) is 30.3 Å². The molecule has 0 unspecified atom stereocenters. The average molecular weight is 392 g/mol. The standard InChI is InChI=1S/C23H25FN4O/c1-2-16-5-3-7-19(13-16)27-23(29)21-15-26-28(20-8-4-6-18(24)14-20)22(21)17-9-11-25-12-10-17/h3-8,13-15,17,25H,2,9-12H2,1H3,(H,27,29). The molecule has 4 rings (SSSR count). The average Bonchev–Trinajstić information content (AvgIpc) is 3.20. The highest BCUT2D eigenvalue weighted by Gasteiger charge is 2.27. The number of nitrogens with one attached hydrogen (secondary N) is 2. The van der Waals surface area contributed by atoms with Crippen molar-refractivity contribution in [3.8, 4) is 5.69 Å². The van der Waals surface area contributed by atoms with Crippen LogP contribution in [0.1, 0.15) is 47.3 Å². The molecular weight excluding hydrogens is 367 g/mol. The third-order valence-electron chi connectivity index (χ3n) is 5.42. The Bertz CT molecular complexity index is 1010. The zero-order valence-electron chi connectivity index (χ0n) is 16.5. The number of amides is 1. The lowest BCUT2D eigenvalue weighted by Gasteiger charge is -2.24. The van der Waals surface area contributed by atoms with E-state index in [1.54, 1.807) is 16.9 Å². The van der Waals surface area contributed by atoms with Crippen LogP contribution >= 0.6 is 0 Å². The molecule has 0 atom stereocenters. The highest BCUT2D eigenvalue weighted by atomic mass is 19.1. The first-order valence-electron chi connectivity index (χ1n) is 10.1. The van der Waals surface area contributed by atoms with E-state index in [1.165, 1.54) is 12.1 Å². The normalized spacial score (nSPS) is 14.7. The number of piperidine rings is 1. The summed E-state index contributed by atoms with van der Waals surface area (Å²) in [5, 5.41) is 10.8. The number of carbonyl (C=O) groups is 1. The summed E-state index contributed by atoms with van der Waals surface area (Å²) in [6, 6.07) is 14.2. The molecule has 29 heavy (non-hydrogen) atoms. The van der Waals surface area contributed by atoms with E-state index in [0.717, 1.165) is 49.3 Å². The first-order chi connectivity index (χ1) is 14.2. The molecule has 1 amide bonds. The van der Waals surface area contributed by atoms with Crippen LogP contribution in [0, 0.1) is 5.82 Å². The van der Waals surface area contributed by atoms with E-state index >= 15 is 0 Å². The number of hydrogen-bond donors (Lipinski definition) is 2. The molecule has 2 heterocycles. The molecule has 1 aromatic heterocycles. The first kappa shape index (κ1) is 19.3. The Labute approximate surface area is 169 Å². The summed E-state index contributed by atoms with van der Waals surface area (Å²) in [4.78, 5) is 13.1. The maximum atomic E-state index is 13.8. The summed E-state index contributed by atoms with van der Waals surface area (Å²) in [7, 11) is 0. The molecule has 1 aliphatic rings. The third-order valence-corrected chi connectivity index (χ3v) is 5.42. The fourth-order valence-corrected chi connectivity index (χ4v) is 3.90. The Morgan fingerprint density at radius 3 is 2.76 bits per heavy atom. The van der Waals surface area contributed by atoms with Gasteiger partial charge in [-0.3, -0.25) is 4.79 Å². The van der Waals surface area contributed by atoms with Gasteiger partial charge in [-0.25, -0.2) is 9.07 Å². The maximum Gasteiger partial charge on any atom is 0.259 e. The third kappa shape index (κ3) is 4.22. The molecule has 0 spiro atoms. The number of benzene rings is 2. The monoisotopic (exact) mass is 392 g/mol. The lowest BCUT2D eigenvalue weighted by Crippen LogP contribution is -2.29. The summed E-state index contributed by atoms with van der Waals surface area (Å²) in [5.41, 5.74) is 3.95. The van der Waals surface area contributed by atoms with Crippen LogP contribution in [-0.4, -0.2) is 28.8 Å². The number of hydrogen-bond acceptors (Lipinski definition) is 3. The predicted octanol–water partition coefficient (Wildman–Crippen LogP) is 4.29. The van der Waals surface area contributed by atoms with Gasteiger partial charge in [0, 0.05) is 11.6 Å². The van der Waals surface area contributed by atoms with E-state index < -0.39 is 0 Å². The van der Waals surface area contributed by atoms with Gasteiger partial charge in [0.05, 0.1) is 23.1 Å². The van der Waals surface area contributed by atoms with Crippen molar-refractivity contribution in [3.05, 3.63) is 77.4 Å². The van der Waals surface area contributed by atoms with E-state index in [0.29, 0.717) is 11.3 Å². The number of anilines is 1. The van der Waals surface area contributed by atoms with Crippen LogP contribution in [-0.2, 0) is 6.42 Å². The molecular formula is C23H25FN4O. The fraction of sp³-hybridized carbons (Fsp3) is 0.304. The first-order valence-corrected chi connectivity index (χ1v) is 10.1. The van der Waals surface area contributed by atoms with Crippen LogP contribution in [0.3, 0.4) is 0 Å². The minimum Gasteiger partial charge on any atom is -0.322 e. The van der Waals surface area contributed by atoms with Crippen molar-refractivity contribution in [2.45, 2.75) is 32.1 Å².